The number of hydrogen-bond donors (Lipinski definition) is 2. The van der Waals surface area contributed by atoms with E-state index < -0.39 is 10.0 Å². The maximum Gasteiger partial charge on any atom is 0.273 e. The lowest BCUT2D eigenvalue weighted by atomic mass is 9.95. The summed E-state index contributed by atoms with van der Waals surface area (Å²) < 4.78 is 40.0. The number of fused-ring (bicyclic) bond motifs is 2. The van der Waals surface area contributed by atoms with E-state index in [1.807, 2.05) is 4.31 Å². The van der Waals surface area contributed by atoms with Gasteiger partial charge in [0.2, 0.25) is 10.0 Å². The molecule has 5 fully saturated rings. The predicted octanol–water partition coefficient (Wildman–Crippen LogP) is 1.84. The fourth-order valence-corrected chi connectivity index (χ4v) is 9.30. The molecular weight excluding hydrogens is 494 g/mol. The molecule has 0 radical (unpaired) electrons. The second-order valence-electron chi connectivity index (χ2n) is 11.7. The summed E-state index contributed by atoms with van der Waals surface area (Å²) in [4.78, 5) is 15.2. The summed E-state index contributed by atoms with van der Waals surface area (Å²) in [5.74, 6) is 1.00. The zero-order valence-corrected chi connectivity index (χ0v) is 22.5. The van der Waals surface area contributed by atoms with E-state index in [4.69, 9.17) is 9.26 Å². The maximum atomic E-state index is 13.7. The number of carbonyl (C=O) groups is 1. The van der Waals surface area contributed by atoms with Gasteiger partial charge < -0.3 is 19.9 Å². The number of morpholine rings is 1. The summed E-state index contributed by atoms with van der Waals surface area (Å²) >= 11 is 0. The Morgan fingerprint density at radius 2 is 1.68 bits per heavy atom. The number of amides is 1. The first kappa shape index (κ1) is 25.7. The van der Waals surface area contributed by atoms with Crippen LogP contribution >= 0.6 is 0 Å². The molecule has 3 aliphatic heterocycles. The topological polar surface area (TPSA) is 117 Å². The van der Waals surface area contributed by atoms with Crippen molar-refractivity contribution in [3.63, 3.8) is 0 Å². The van der Waals surface area contributed by atoms with Gasteiger partial charge in [0.1, 0.15) is 5.76 Å². The molecule has 2 bridgehead atoms. The Morgan fingerprint density at radius 1 is 0.973 bits per heavy atom. The number of rotatable bonds is 9. The zero-order valence-electron chi connectivity index (χ0n) is 21.6. The molecule has 0 spiro atoms. The van der Waals surface area contributed by atoms with Gasteiger partial charge in [0.15, 0.2) is 5.69 Å². The molecule has 1 aromatic rings. The van der Waals surface area contributed by atoms with Gasteiger partial charge in [0.25, 0.3) is 5.91 Å². The molecule has 3 atom stereocenters. The second-order valence-corrected chi connectivity index (χ2v) is 13.8. The molecule has 2 saturated carbocycles. The van der Waals surface area contributed by atoms with Gasteiger partial charge in [-0.25, -0.2) is 8.42 Å². The van der Waals surface area contributed by atoms with Gasteiger partial charge in [-0.15, -0.1) is 0 Å². The van der Waals surface area contributed by atoms with Gasteiger partial charge in [-0.1, -0.05) is 5.16 Å². The molecule has 10 nitrogen and oxygen atoms in total. The lowest BCUT2D eigenvalue weighted by Gasteiger charge is -2.41. The van der Waals surface area contributed by atoms with E-state index in [0.717, 1.165) is 96.5 Å². The molecule has 206 valence electrons. The normalized spacial score (nSPS) is 33.5. The van der Waals surface area contributed by atoms with Crippen LogP contribution in [0, 0.1) is 0 Å². The van der Waals surface area contributed by atoms with E-state index in [1.165, 1.54) is 0 Å². The highest BCUT2D eigenvalue weighted by molar-refractivity contribution is 7.89. The highest BCUT2D eigenvalue weighted by Crippen LogP contribution is 2.42. The Kier molecular flexibility index (Phi) is 7.59. The Morgan fingerprint density at radius 3 is 2.35 bits per heavy atom. The first-order valence-electron chi connectivity index (χ1n) is 14.3. The van der Waals surface area contributed by atoms with Gasteiger partial charge in [0, 0.05) is 62.3 Å². The molecule has 4 heterocycles. The van der Waals surface area contributed by atoms with E-state index in [-0.39, 0.29) is 29.3 Å². The molecule has 1 aromatic heterocycles. The van der Waals surface area contributed by atoms with Gasteiger partial charge in [-0.05, 0) is 64.2 Å². The minimum Gasteiger partial charge on any atom is -0.379 e. The molecule has 3 saturated heterocycles. The van der Waals surface area contributed by atoms with Crippen molar-refractivity contribution in [2.24, 2.45) is 0 Å². The van der Waals surface area contributed by atoms with Crippen LogP contribution in [0.4, 0.5) is 0 Å². The predicted molar refractivity (Wildman–Crippen MR) is 138 cm³/mol. The average Bonchev–Trinajstić information content (AvgIpc) is 3.56. The molecule has 5 aliphatic rings. The largest absolute Gasteiger partial charge is 0.379 e. The van der Waals surface area contributed by atoms with E-state index in [0.29, 0.717) is 30.5 Å². The van der Waals surface area contributed by atoms with Gasteiger partial charge >= 0.3 is 0 Å². The summed E-state index contributed by atoms with van der Waals surface area (Å²) in [5, 5.41) is 10.4. The van der Waals surface area contributed by atoms with Crippen LogP contribution < -0.4 is 10.6 Å². The molecule has 0 unspecified atom stereocenters. The van der Waals surface area contributed by atoms with Crippen LogP contribution in [0.2, 0.25) is 0 Å². The van der Waals surface area contributed by atoms with Gasteiger partial charge in [-0.2, -0.15) is 4.31 Å². The van der Waals surface area contributed by atoms with Crippen LogP contribution in [0.1, 0.15) is 86.4 Å². The van der Waals surface area contributed by atoms with Crippen LogP contribution in [0.5, 0.6) is 0 Å². The van der Waals surface area contributed by atoms with Crippen LogP contribution in [0.25, 0.3) is 0 Å². The van der Waals surface area contributed by atoms with E-state index >= 15 is 0 Å². The Hall–Kier alpha value is -1.53. The third-order valence-electron chi connectivity index (χ3n) is 9.10. The molecule has 37 heavy (non-hydrogen) atoms. The maximum absolute atomic E-state index is 13.7. The molecule has 2 aliphatic carbocycles. The van der Waals surface area contributed by atoms with E-state index in [1.54, 1.807) is 6.07 Å². The number of aromatic nitrogens is 1. The van der Waals surface area contributed by atoms with Crippen molar-refractivity contribution in [2.75, 3.05) is 39.4 Å². The second kappa shape index (κ2) is 10.9. The first-order chi connectivity index (χ1) is 18.0. The van der Waals surface area contributed by atoms with Crippen molar-refractivity contribution in [1.82, 2.24) is 25.0 Å². The smallest absolute Gasteiger partial charge is 0.273 e. The third kappa shape index (κ3) is 5.75. The van der Waals surface area contributed by atoms with Crippen LogP contribution in [-0.4, -0.2) is 97.5 Å². The number of carbonyl (C=O) groups excluding carboxylic acids is 1. The van der Waals surface area contributed by atoms with Crippen LogP contribution in [0.15, 0.2) is 10.6 Å². The molecule has 0 aromatic carbocycles. The van der Waals surface area contributed by atoms with Crippen molar-refractivity contribution < 1.29 is 22.5 Å². The minimum atomic E-state index is -3.34. The Bertz CT molecular complexity index is 1030. The number of nitrogens with zero attached hydrogens (tertiary/aromatic N) is 3. The van der Waals surface area contributed by atoms with Crippen LogP contribution in [-0.2, 0) is 14.8 Å². The van der Waals surface area contributed by atoms with Crippen molar-refractivity contribution >= 4 is 15.9 Å². The number of nitrogens with one attached hydrogen (secondary N) is 2. The average molecular weight is 536 g/mol. The minimum absolute atomic E-state index is 0.0160. The van der Waals surface area contributed by atoms with Gasteiger partial charge in [-0.3, -0.25) is 9.69 Å². The fourth-order valence-electron chi connectivity index (χ4n) is 6.87. The number of hydrogen-bond acceptors (Lipinski definition) is 8. The standard InChI is InChI=1S/C26H41N5O5S/c32-26(24-17-25(36-29-24)18-1-2-18)28-20-15-21-5-6-22(16-20)31(21)37(33,34)23-7-3-19(4-8-23)27-9-10-30-11-13-35-14-12-30/h17-23,27H,1-16H2,(H,28,32)/t19-,20-,21+,22-,23+. The lowest BCUT2D eigenvalue weighted by Crippen LogP contribution is -2.55. The summed E-state index contributed by atoms with van der Waals surface area (Å²) in [5.41, 5.74) is 0.333. The SMILES string of the molecule is O=C(N[C@H]1C[C@H]2CC[C@@H](C1)N2S(=O)(=O)[C@H]1CC[C@@H](NCCN2CCOCC2)CC1)c1cc(C2CC2)on1. The molecule has 1 amide bonds. The summed E-state index contributed by atoms with van der Waals surface area (Å²) in [7, 11) is -3.34. The lowest BCUT2D eigenvalue weighted by molar-refractivity contribution is 0.0380. The quantitative estimate of drug-likeness (QED) is 0.492. The summed E-state index contributed by atoms with van der Waals surface area (Å²) in [6.45, 7) is 5.60. The highest BCUT2D eigenvalue weighted by atomic mass is 32.2. The summed E-state index contributed by atoms with van der Waals surface area (Å²) in [6, 6.07) is 2.11. The van der Waals surface area contributed by atoms with Gasteiger partial charge in [0.05, 0.1) is 18.5 Å². The van der Waals surface area contributed by atoms with Crippen molar-refractivity contribution in [3.05, 3.63) is 17.5 Å². The number of piperidine rings is 1. The van der Waals surface area contributed by atoms with Crippen molar-refractivity contribution in [1.29, 1.82) is 0 Å². The first-order valence-corrected chi connectivity index (χ1v) is 15.8. The Balaban J connectivity index is 0.979. The third-order valence-corrected chi connectivity index (χ3v) is 11.6. The Labute approximate surface area is 219 Å². The molecule has 2 N–H and O–H groups in total. The molecule has 11 heteroatoms. The molecular formula is C26H41N5O5S. The monoisotopic (exact) mass is 535 g/mol. The van der Waals surface area contributed by atoms with Crippen molar-refractivity contribution in [2.45, 2.75) is 99.5 Å². The van der Waals surface area contributed by atoms with Crippen molar-refractivity contribution in [3.8, 4) is 0 Å². The number of sulfonamides is 1. The molecule has 6 rings (SSSR count). The summed E-state index contributed by atoms with van der Waals surface area (Å²) in [6.07, 6.45) is 8.58. The van der Waals surface area contributed by atoms with E-state index in [9.17, 15) is 13.2 Å². The zero-order chi connectivity index (χ0) is 25.4. The van der Waals surface area contributed by atoms with Crippen LogP contribution in [0.3, 0.4) is 0 Å². The van der Waals surface area contributed by atoms with E-state index in [2.05, 4.69) is 20.7 Å². The fraction of sp³-hybridized carbons (Fsp3) is 0.846. The number of ether oxygens (including phenoxy) is 1. The highest BCUT2D eigenvalue weighted by Gasteiger charge is 2.49.